The van der Waals surface area contributed by atoms with Gasteiger partial charge in [0.25, 0.3) is 0 Å². The van der Waals surface area contributed by atoms with Crippen LogP contribution in [-0.4, -0.2) is 27.3 Å². The van der Waals surface area contributed by atoms with Crippen LogP contribution in [0.5, 0.6) is 5.88 Å². The lowest BCUT2D eigenvalue weighted by molar-refractivity contribution is -0.116. The number of carbonyl (C=O) groups excluding carboxylic acids is 1. The van der Waals surface area contributed by atoms with Gasteiger partial charge < -0.3 is 4.74 Å². The van der Waals surface area contributed by atoms with Crippen molar-refractivity contribution in [1.82, 2.24) is 14.4 Å². The van der Waals surface area contributed by atoms with Crippen LogP contribution in [0, 0.1) is 0 Å². The minimum absolute atomic E-state index is 0.0932. The van der Waals surface area contributed by atoms with Crippen molar-refractivity contribution in [2.75, 3.05) is 7.11 Å². The van der Waals surface area contributed by atoms with Gasteiger partial charge >= 0.3 is 0 Å². The largest absolute Gasteiger partial charge is 0.481 e. The quantitative estimate of drug-likeness (QED) is 0.746. The van der Waals surface area contributed by atoms with Gasteiger partial charge in [-0.05, 0) is 6.92 Å². The fraction of sp³-hybridized carbons (Fsp3) is 0.300. The van der Waals surface area contributed by atoms with Gasteiger partial charge in [0.2, 0.25) is 5.88 Å². The van der Waals surface area contributed by atoms with Crippen LogP contribution in [0.1, 0.15) is 12.6 Å². The van der Waals surface area contributed by atoms with Gasteiger partial charge in [0.1, 0.15) is 5.78 Å². The zero-order chi connectivity index (χ0) is 10.8. The number of fused-ring (bicyclic) bond motifs is 1. The van der Waals surface area contributed by atoms with Crippen molar-refractivity contribution >= 4 is 11.4 Å². The maximum absolute atomic E-state index is 11.1. The molecule has 0 amide bonds. The van der Waals surface area contributed by atoms with Crippen LogP contribution in [0.4, 0.5) is 0 Å². The number of hydrogen-bond donors (Lipinski definition) is 0. The van der Waals surface area contributed by atoms with E-state index >= 15 is 0 Å². The van der Waals surface area contributed by atoms with Crippen LogP contribution in [0.3, 0.4) is 0 Å². The van der Waals surface area contributed by atoms with E-state index in [0.717, 1.165) is 5.69 Å². The van der Waals surface area contributed by atoms with Crippen LogP contribution < -0.4 is 4.74 Å². The number of rotatable bonds is 3. The molecule has 0 radical (unpaired) electrons. The summed E-state index contributed by atoms with van der Waals surface area (Å²) in [7, 11) is 1.56. The lowest BCUT2D eigenvalue weighted by Crippen LogP contribution is -2.03. The first-order valence-electron chi connectivity index (χ1n) is 4.56. The van der Waals surface area contributed by atoms with E-state index in [1.54, 1.807) is 37.0 Å². The molecule has 0 atom stereocenters. The second-order valence-electron chi connectivity index (χ2n) is 3.27. The molecule has 5 heteroatoms. The SMILES string of the molecule is COc1cncc2ncc(CC(C)=O)n12. The topological polar surface area (TPSA) is 56.5 Å². The smallest absolute Gasteiger partial charge is 0.218 e. The van der Waals surface area contributed by atoms with Gasteiger partial charge in [-0.25, -0.2) is 4.98 Å². The molecule has 0 saturated carbocycles. The van der Waals surface area contributed by atoms with E-state index in [2.05, 4.69) is 9.97 Å². The summed E-state index contributed by atoms with van der Waals surface area (Å²) in [6, 6.07) is 0. The van der Waals surface area contributed by atoms with E-state index in [4.69, 9.17) is 4.74 Å². The van der Waals surface area contributed by atoms with Crippen molar-refractivity contribution in [2.24, 2.45) is 0 Å². The number of hydrogen-bond acceptors (Lipinski definition) is 4. The summed E-state index contributed by atoms with van der Waals surface area (Å²) >= 11 is 0. The molecule has 0 fully saturated rings. The summed E-state index contributed by atoms with van der Waals surface area (Å²) in [4.78, 5) is 19.2. The average Bonchev–Trinajstić information content (AvgIpc) is 2.61. The highest BCUT2D eigenvalue weighted by Crippen LogP contribution is 2.15. The Morgan fingerprint density at radius 3 is 2.93 bits per heavy atom. The summed E-state index contributed by atoms with van der Waals surface area (Å²) in [6.07, 6.45) is 5.24. The monoisotopic (exact) mass is 205 g/mol. The summed E-state index contributed by atoms with van der Waals surface area (Å²) in [5.74, 6) is 0.678. The first-order valence-corrected chi connectivity index (χ1v) is 4.56. The predicted octanol–water partition coefficient (Wildman–Crippen LogP) is 0.869. The second-order valence-corrected chi connectivity index (χ2v) is 3.27. The van der Waals surface area contributed by atoms with Crippen LogP contribution in [-0.2, 0) is 11.2 Å². The molecule has 0 aromatic carbocycles. The van der Waals surface area contributed by atoms with Gasteiger partial charge in [-0.15, -0.1) is 0 Å². The number of nitrogens with zero attached hydrogens (tertiary/aromatic N) is 3. The molecule has 2 rings (SSSR count). The summed E-state index contributed by atoms with van der Waals surface area (Å²) in [6.45, 7) is 1.55. The number of methoxy groups -OCH3 is 1. The molecule has 78 valence electrons. The number of carbonyl (C=O) groups is 1. The van der Waals surface area contributed by atoms with Gasteiger partial charge in [-0.2, -0.15) is 0 Å². The maximum Gasteiger partial charge on any atom is 0.218 e. The summed E-state index contributed by atoms with van der Waals surface area (Å²) in [5.41, 5.74) is 1.50. The van der Waals surface area contributed by atoms with Crippen molar-refractivity contribution < 1.29 is 9.53 Å². The van der Waals surface area contributed by atoms with Crippen LogP contribution in [0.15, 0.2) is 18.6 Å². The fourth-order valence-electron chi connectivity index (χ4n) is 1.50. The van der Waals surface area contributed by atoms with Crippen molar-refractivity contribution in [3.05, 3.63) is 24.3 Å². The number of imidazole rings is 1. The third-order valence-electron chi connectivity index (χ3n) is 2.10. The molecule has 5 nitrogen and oxygen atoms in total. The van der Waals surface area contributed by atoms with Crippen LogP contribution >= 0.6 is 0 Å². The molecule has 15 heavy (non-hydrogen) atoms. The predicted molar refractivity (Wildman–Crippen MR) is 53.9 cm³/mol. The van der Waals surface area contributed by atoms with E-state index in [0.29, 0.717) is 17.9 Å². The zero-order valence-electron chi connectivity index (χ0n) is 8.60. The molecule has 0 bridgehead atoms. The number of ether oxygens (including phenoxy) is 1. The van der Waals surface area contributed by atoms with Gasteiger partial charge in [0, 0.05) is 12.6 Å². The Morgan fingerprint density at radius 1 is 1.47 bits per heavy atom. The lowest BCUT2D eigenvalue weighted by Gasteiger charge is -2.05. The van der Waals surface area contributed by atoms with E-state index in [9.17, 15) is 4.79 Å². The Bertz CT molecular complexity index is 504. The molecule has 0 aliphatic heterocycles. The van der Waals surface area contributed by atoms with E-state index in [1.165, 1.54) is 0 Å². The highest BCUT2D eigenvalue weighted by Gasteiger charge is 2.09. The Balaban J connectivity index is 2.60. The number of ketones is 1. The first kappa shape index (κ1) is 9.64. The lowest BCUT2D eigenvalue weighted by atomic mass is 10.2. The van der Waals surface area contributed by atoms with E-state index in [1.807, 2.05) is 0 Å². The van der Waals surface area contributed by atoms with Gasteiger partial charge in [0.15, 0.2) is 5.65 Å². The van der Waals surface area contributed by atoms with Crippen molar-refractivity contribution in [2.45, 2.75) is 13.3 Å². The number of aromatic nitrogens is 3. The Kier molecular flexibility index (Phi) is 2.37. The normalized spacial score (nSPS) is 10.5. The molecule has 0 N–H and O–H groups in total. The first-order chi connectivity index (χ1) is 7.22. The highest BCUT2D eigenvalue weighted by atomic mass is 16.5. The Morgan fingerprint density at radius 2 is 2.27 bits per heavy atom. The summed E-state index contributed by atoms with van der Waals surface area (Å²) < 4.78 is 6.94. The molecule has 0 aliphatic carbocycles. The molecule has 0 saturated heterocycles. The van der Waals surface area contributed by atoms with E-state index in [-0.39, 0.29) is 5.78 Å². The van der Waals surface area contributed by atoms with Crippen molar-refractivity contribution in [3.8, 4) is 5.88 Å². The third kappa shape index (κ3) is 1.68. The zero-order valence-corrected chi connectivity index (χ0v) is 8.60. The van der Waals surface area contributed by atoms with E-state index < -0.39 is 0 Å². The van der Waals surface area contributed by atoms with Crippen LogP contribution in [0.25, 0.3) is 5.65 Å². The molecule has 0 spiro atoms. The van der Waals surface area contributed by atoms with Crippen LogP contribution in [0.2, 0.25) is 0 Å². The van der Waals surface area contributed by atoms with Crippen molar-refractivity contribution in [1.29, 1.82) is 0 Å². The Labute approximate surface area is 86.7 Å². The molecular weight excluding hydrogens is 194 g/mol. The molecule has 2 heterocycles. The standard InChI is InChI=1S/C10H11N3O2/c1-7(14)3-8-4-12-9-5-11-6-10(15-2)13(8)9/h4-6H,3H2,1-2H3. The second kappa shape index (κ2) is 3.68. The Hall–Kier alpha value is -1.91. The maximum atomic E-state index is 11.1. The molecule has 0 unspecified atom stereocenters. The fourth-order valence-corrected chi connectivity index (χ4v) is 1.50. The molecule has 2 aromatic heterocycles. The van der Waals surface area contributed by atoms with Gasteiger partial charge in [-0.1, -0.05) is 0 Å². The number of Topliss-reactive ketones (excluding diaryl/α,β-unsaturated/α-hetero) is 1. The average molecular weight is 205 g/mol. The third-order valence-corrected chi connectivity index (χ3v) is 2.10. The molecule has 2 aromatic rings. The van der Waals surface area contributed by atoms with Gasteiger partial charge in [-0.3, -0.25) is 14.2 Å². The molecular formula is C10H11N3O2. The summed E-state index contributed by atoms with van der Waals surface area (Å²) in [5, 5.41) is 0. The minimum atomic E-state index is 0.0932. The van der Waals surface area contributed by atoms with Gasteiger partial charge in [0.05, 0.1) is 25.2 Å². The highest BCUT2D eigenvalue weighted by molar-refractivity contribution is 5.78. The molecule has 0 aliphatic rings. The minimum Gasteiger partial charge on any atom is -0.481 e. The van der Waals surface area contributed by atoms with Crippen molar-refractivity contribution in [3.63, 3.8) is 0 Å².